The first kappa shape index (κ1) is 19.7. The van der Waals surface area contributed by atoms with Gasteiger partial charge in [0.1, 0.15) is 11.1 Å². The van der Waals surface area contributed by atoms with Gasteiger partial charge in [0.25, 0.3) is 0 Å². The number of ether oxygens (including phenoxy) is 1. The van der Waals surface area contributed by atoms with Gasteiger partial charge in [-0.15, -0.1) is 11.3 Å². The lowest BCUT2D eigenvalue weighted by Gasteiger charge is -2.34. The number of hydrogen-bond donors (Lipinski definition) is 2. The Morgan fingerprint density at radius 3 is 3.03 bits per heavy atom. The molecule has 0 aliphatic carbocycles. The first-order valence-electron chi connectivity index (χ1n) is 9.99. The smallest absolute Gasteiger partial charge is 0.407 e. The molecule has 2 N–H and O–H groups in total. The molecule has 0 saturated carbocycles. The Hall–Kier alpha value is -2.61. The largest absolute Gasteiger partial charge is 0.444 e. The van der Waals surface area contributed by atoms with E-state index in [1.807, 2.05) is 44.5 Å². The summed E-state index contributed by atoms with van der Waals surface area (Å²) < 4.78 is 5.35. The van der Waals surface area contributed by atoms with E-state index in [0.29, 0.717) is 12.5 Å². The first-order chi connectivity index (χ1) is 13.9. The number of rotatable bonds is 4. The summed E-state index contributed by atoms with van der Waals surface area (Å²) in [6.07, 6.45) is 3.63. The number of aromatic amines is 1. The van der Waals surface area contributed by atoms with E-state index < -0.39 is 5.60 Å². The van der Waals surface area contributed by atoms with Crippen molar-refractivity contribution in [1.82, 2.24) is 20.3 Å². The maximum Gasteiger partial charge on any atom is 0.407 e. The lowest BCUT2D eigenvalue weighted by Crippen LogP contribution is -2.42. The van der Waals surface area contributed by atoms with Crippen molar-refractivity contribution in [1.29, 1.82) is 0 Å². The number of thiophene rings is 1. The predicted octanol–water partition coefficient (Wildman–Crippen LogP) is 4.43. The Labute approximate surface area is 174 Å². The molecule has 1 fully saturated rings. The van der Waals surface area contributed by atoms with Gasteiger partial charge in [0, 0.05) is 25.8 Å². The molecule has 7 nitrogen and oxygen atoms in total. The monoisotopic (exact) mass is 413 g/mol. The van der Waals surface area contributed by atoms with Gasteiger partial charge in [-0.05, 0) is 57.0 Å². The van der Waals surface area contributed by atoms with Crippen molar-refractivity contribution in [3.05, 3.63) is 29.8 Å². The number of carbonyl (C=O) groups is 1. The van der Waals surface area contributed by atoms with E-state index in [1.54, 1.807) is 11.3 Å². The number of nitrogens with zero attached hydrogens (tertiary/aromatic N) is 3. The molecule has 4 rings (SSSR count). The maximum atomic E-state index is 12.0. The van der Waals surface area contributed by atoms with Gasteiger partial charge < -0.3 is 19.9 Å². The van der Waals surface area contributed by atoms with E-state index in [1.165, 1.54) is 0 Å². The molecule has 29 heavy (non-hydrogen) atoms. The summed E-state index contributed by atoms with van der Waals surface area (Å²) in [7, 11) is 0. The van der Waals surface area contributed by atoms with E-state index in [9.17, 15) is 4.79 Å². The third-order valence-corrected chi connectivity index (χ3v) is 5.79. The summed E-state index contributed by atoms with van der Waals surface area (Å²) >= 11 is 1.66. The minimum absolute atomic E-state index is 0.352. The number of nitrogens with one attached hydrogen (secondary N) is 2. The van der Waals surface area contributed by atoms with Crippen LogP contribution < -0.4 is 10.2 Å². The van der Waals surface area contributed by atoms with E-state index in [2.05, 4.69) is 31.2 Å². The highest BCUT2D eigenvalue weighted by Gasteiger charge is 2.24. The minimum Gasteiger partial charge on any atom is -0.444 e. The van der Waals surface area contributed by atoms with Gasteiger partial charge in [-0.25, -0.2) is 14.8 Å². The molecule has 3 aromatic rings. The topological polar surface area (TPSA) is 83.1 Å². The summed E-state index contributed by atoms with van der Waals surface area (Å²) in [6.45, 7) is 8.09. The number of anilines is 1. The fourth-order valence-corrected chi connectivity index (χ4v) is 4.35. The third kappa shape index (κ3) is 4.70. The fourth-order valence-electron chi connectivity index (χ4n) is 3.68. The van der Waals surface area contributed by atoms with Crippen molar-refractivity contribution in [2.75, 3.05) is 24.5 Å². The molecule has 1 aliphatic rings. The molecule has 3 aromatic heterocycles. The zero-order valence-corrected chi connectivity index (χ0v) is 17.9. The molecule has 1 saturated heterocycles. The number of H-pyrrole nitrogens is 1. The van der Waals surface area contributed by atoms with Crippen LogP contribution >= 0.6 is 11.3 Å². The van der Waals surface area contributed by atoms with Crippen molar-refractivity contribution < 1.29 is 9.53 Å². The molecule has 1 unspecified atom stereocenters. The zero-order valence-electron chi connectivity index (χ0n) is 17.1. The van der Waals surface area contributed by atoms with E-state index in [4.69, 9.17) is 4.74 Å². The number of imidazole rings is 1. The van der Waals surface area contributed by atoms with Gasteiger partial charge in [0.15, 0.2) is 11.5 Å². The van der Waals surface area contributed by atoms with Crippen molar-refractivity contribution >= 4 is 34.3 Å². The number of aromatic nitrogens is 3. The van der Waals surface area contributed by atoms with Crippen LogP contribution in [-0.4, -0.2) is 46.3 Å². The Morgan fingerprint density at radius 2 is 2.28 bits per heavy atom. The van der Waals surface area contributed by atoms with Crippen LogP contribution in [0.4, 0.5) is 10.5 Å². The molecular formula is C21H27N5O2S. The van der Waals surface area contributed by atoms with E-state index in [-0.39, 0.29) is 6.09 Å². The number of alkyl carbamates (subject to hydrolysis) is 1. The van der Waals surface area contributed by atoms with Gasteiger partial charge in [0.2, 0.25) is 0 Å². The molecule has 0 spiro atoms. The van der Waals surface area contributed by atoms with Crippen molar-refractivity contribution in [3.8, 4) is 10.7 Å². The second kappa shape index (κ2) is 8.02. The standard InChI is InChI=1S/C21H27N5O2S/c1-21(2,3)28-20(27)23-12-14-6-4-10-26(13-14)15-8-9-22-19-17(15)24-18(25-19)16-7-5-11-29-16/h5,7-9,11,14H,4,6,10,12-13H2,1-3H3,(H,23,27)(H,22,24,25). The summed E-state index contributed by atoms with van der Waals surface area (Å²) in [4.78, 5) is 28.0. The highest BCUT2D eigenvalue weighted by Crippen LogP contribution is 2.31. The van der Waals surface area contributed by atoms with Crippen LogP contribution in [0.2, 0.25) is 0 Å². The normalized spacial score (nSPS) is 17.5. The lowest BCUT2D eigenvalue weighted by atomic mass is 9.97. The number of pyridine rings is 1. The minimum atomic E-state index is -0.480. The third-order valence-electron chi connectivity index (χ3n) is 4.92. The van der Waals surface area contributed by atoms with Crippen molar-refractivity contribution in [3.63, 3.8) is 0 Å². The summed E-state index contributed by atoms with van der Waals surface area (Å²) in [6, 6.07) is 6.12. The van der Waals surface area contributed by atoms with E-state index in [0.717, 1.165) is 53.5 Å². The van der Waals surface area contributed by atoms with Gasteiger partial charge in [-0.2, -0.15) is 0 Å². The van der Waals surface area contributed by atoms with Crippen LogP contribution in [0.1, 0.15) is 33.6 Å². The Bertz CT molecular complexity index is 977. The number of hydrogen-bond acceptors (Lipinski definition) is 6. The van der Waals surface area contributed by atoms with Gasteiger partial charge in [0.05, 0.1) is 10.6 Å². The van der Waals surface area contributed by atoms with Gasteiger partial charge >= 0.3 is 6.09 Å². The van der Waals surface area contributed by atoms with Crippen LogP contribution in [0, 0.1) is 5.92 Å². The maximum absolute atomic E-state index is 12.0. The first-order valence-corrected chi connectivity index (χ1v) is 10.9. The molecule has 8 heteroatoms. The molecule has 0 radical (unpaired) electrons. The molecule has 4 heterocycles. The zero-order chi connectivity index (χ0) is 20.4. The molecule has 0 aromatic carbocycles. The highest BCUT2D eigenvalue weighted by molar-refractivity contribution is 7.13. The van der Waals surface area contributed by atoms with Crippen LogP contribution in [0.15, 0.2) is 29.8 Å². The SMILES string of the molecule is CC(C)(C)OC(=O)NCC1CCCN(c2ccnc3nc(-c4cccs4)[nH]c23)C1. The number of amides is 1. The van der Waals surface area contributed by atoms with Crippen LogP contribution in [0.5, 0.6) is 0 Å². The number of piperidine rings is 1. The van der Waals surface area contributed by atoms with Crippen LogP contribution in [0.25, 0.3) is 21.9 Å². The second-order valence-electron chi connectivity index (χ2n) is 8.43. The summed E-state index contributed by atoms with van der Waals surface area (Å²) in [5.74, 6) is 1.23. The van der Waals surface area contributed by atoms with Crippen molar-refractivity contribution in [2.45, 2.75) is 39.2 Å². The Kier molecular flexibility index (Phi) is 5.45. The van der Waals surface area contributed by atoms with Crippen molar-refractivity contribution in [2.24, 2.45) is 5.92 Å². The summed E-state index contributed by atoms with van der Waals surface area (Å²) in [5.41, 5.74) is 2.34. The molecule has 1 atom stereocenters. The lowest BCUT2D eigenvalue weighted by molar-refractivity contribution is 0.0517. The molecule has 0 bridgehead atoms. The average molecular weight is 414 g/mol. The quantitative estimate of drug-likeness (QED) is 0.661. The predicted molar refractivity (Wildman–Crippen MR) is 116 cm³/mol. The number of carbonyl (C=O) groups excluding carboxylic acids is 1. The van der Waals surface area contributed by atoms with Crippen LogP contribution in [-0.2, 0) is 4.74 Å². The number of fused-ring (bicyclic) bond motifs is 1. The average Bonchev–Trinajstić information content (AvgIpc) is 3.34. The Morgan fingerprint density at radius 1 is 1.41 bits per heavy atom. The van der Waals surface area contributed by atoms with Gasteiger partial charge in [-0.3, -0.25) is 0 Å². The molecule has 1 aliphatic heterocycles. The Balaban J connectivity index is 1.47. The van der Waals surface area contributed by atoms with E-state index >= 15 is 0 Å². The highest BCUT2D eigenvalue weighted by atomic mass is 32.1. The molecular weight excluding hydrogens is 386 g/mol. The van der Waals surface area contributed by atoms with Gasteiger partial charge in [-0.1, -0.05) is 6.07 Å². The molecule has 1 amide bonds. The second-order valence-corrected chi connectivity index (χ2v) is 9.38. The molecule has 154 valence electrons. The van der Waals surface area contributed by atoms with Crippen LogP contribution in [0.3, 0.4) is 0 Å². The summed E-state index contributed by atoms with van der Waals surface area (Å²) in [5, 5.41) is 4.97. The fraction of sp³-hybridized carbons (Fsp3) is 0.476.